The maximum Gasteiger partial charge on any atom is 0.269 e. The lowest BCUT2D eigenvalue weighted by Gasteiger charge is -2.36. The van der Waals surface area contributed by atoms with Gasteiger partial charge in [0.1, 0.15) is 12.1 Å². The first-order valence-electron chi connectivity index (χ1n) is 17.6. The van der Waals surface area contributed by atoms with Crippen LogP contribution >= 0.6 is 0 Å². The van der Waals surface area contributed by atoms with E-state index in [9.17, 15) is 39.4 Å². The highest BCUT2D eigenvalue weighted by Gasteiger charge is 2.74. The van der Waals surface area contributed by atoms with Crippen LogP contribution in [-0.2, 0) is 19.2 Å². The van der Waals surface area contributed by atoms with Crippen molar-refractivity contribution in [3.8, 4) is 0 Å². The van der Waals surface area contributed by atoms with Crippen LogP contribution in [0.15, 0.2) is 72.8 Å². The van der Waals surface area contributed by atoms with Crippen LogP contribution in [0.5, 0.6) is 0 Å². The van der Waals surface area contributed by atoms with Gasteiger partial charge >= 0.3 is 0 Å². The summed E-state index contributed by atoms with van der Waals surface area (Å²) in [6, 6.07) is 14.5. The predicted molar refractivity (Wildman–Crippen MR) is 196 cm³/mol. The molecule has 4 aromatic carbocycles. The summed E-state index contributed by atoms with van der Waals surface area (Å²) in [5.41, 5.74) is 6.20. The summed E-state index contributed by atoms with van der Waals surface area (Å²) in [5, 5.41) is 26.7. The fourth-order valence-electron chi connectivity index (χ4n) is 9.58. The number of hydrazine groups is 1. The quantitative estimate of drug-likeness (QED) is 0.135. The lowest BCUT2D eigenvalue weighted by atomic mass is 9.84. The Morgan fingerprint density at radius 1 is 0.463 bits per heavy atom. The number of anilines is 2. The van der Waals surface area contributed by atoms with Crippen molar-refractivity contribution in [2.24, 2.45) is 11.8 Å². The van der Waals surface area contributed by atoms with Gasteiger partial charge in [-0.05, 0) is 74.9 Å². The number of aryl methyl sites for hydroxylation is 6. The standard InChI is InChI=1S/C40H36N6O8/c1-19-15-21(3)31(22(4)16-19)41-37(47)29-33(25-7-11-27(12-8-25)45(51)52)44-36-30(38(48)42(40(36)50)32-23(5)17-20(2)18-24(32)6)34(43(44)35(29)39(41)49)26-9-13-28(14-10-26)46(53)54/h7-18,29-30,33-36H,1-6H3. The summed E-state index contributed by atoms with van der Waals surface area (Å²) in [5.74, 6) is -4.25. The molecule has 14 nitrogen and oxygen atoms in total. The maximum atomic E-state index is 14.9. The molecule has 274 valence electrons. The molecule has 4 aliphatic heterocycles. The summed E-state index contributed by atoms with van der Waals surface area (Å²) >= 11 is 0. The van der Waals surface area contributed by atoms with E-state index in [1.807, 2.05) is 65.8 Å². The normalized spacial score (nSPS) is 25.1. The monoisotopic (exact) mass is 728 g/mol. The van der Waals surface area contributed by atoms with Crippen molar-refractivity contribution < 1.29 is 29.0 Å². The Morgan fingerprint density at radius 3 is 1.04 bits per heavy atom. The zero-order valence-corrected chi connectivity index (χ0v) is 30.3. The molecule has 0 spiro atoms. The van der Waals surface area contributed by atoms with E-state index in [-0.39, 0.29) is 11.4 Å². The summed E-state index contributed by atoms with van der Waals surface area (Å²) in [7, 11) is 0. The molecule has 14 heteroatoms. The van der Waals surface area contributed by atoms with E-state index >= 15 is 0 Å². The molecular formula is C40H36N6O8. The second-order valence-electron chi connectivity index (χ2n) is 14.8. The molecule has 0 radical (unpaired) electrons. The SMILES string of the molecule is Cc1cc(C)c(N2C(=O)C3C(C2=O)N2C(c4ccc([N+](=O)[O-])cc4)C4C(=O)N(c5c(C)cc(C)cc5C)C(=O)C4N2C3c2ccc([N+](=O)[O-])cc2)c(C)c1. The fraction of sp³-hybridized carbons (Fsp3) is 0.300. The van der Waals surface area contributed by atoms with Crippen molar-refractivity contribution in [3.63, 3.8) is 0 Å². The van der Waals surface area contributed by atoms with Gasteiger partial charge in [-0.1, -0.05) is 59.7 Å². The number of amides is 4. The molecule has 0 saturated carbocycles. The Hall–Kier alpha value is -6.12. The van der Waals surface area contributed by atoms with E-state index in [1.165, 1.54) is 58.3 Å². The summed E-state index contributed by atoms with van der Waals surface area (Å²) in [6.45, 7) is 11.1. The van der Waals surface area contributed by atoms with Crippen molar-refractivity contribution in [3.05, 3.63) is 138 Å². The number of hydrogen-bond acceptors (Lipinski definition) is 10. The van der Waals surface area contributed by atoms with Gasteiger partial charge in [0.25, 0.3) is 23.2 Å². The zero-order chi connectivity index (χ0) is 38.7. The van der Waals surface area contributed by atoms with Gasteiger partial charge in [-0.25, -0.2) is 19.8 Å². The zero-order valence-electron chi connectivity index (χ0n) is 30.3. The van der Waals surface area contributed by atoms with Crippen LogP contribution in [0, 0.1) is 73.6 Å². The Bertz CT molecular complexity index is 2150. The van der Waals surface area contributed by atoms with Gasteiger partial charge in [-0.3, -0.25) is 39.4 Å². The second-order valence-corrected chi connectivity index (χ2v) is 14.8. The third kappa shape index (κ3) is 4.86. The molecule has 0 N–H and O–H groups in total. The molecule has 8 rings (SSSR count). The lowest BCUT2D eigenvalue weighted by Crippen LogP contribution is -2.50. The van der Waals surface area contributed by atoms with Crippen molar-refractivity contribution >= 4 is 46.4 Å². The van der Waals surface area contributed by atoms with Crippen molar-refractivity contribution in [1.29, 1.82) is 0 Å². The smallest absolute Gasteiger partial charge is 0.269 e. The average molecular weight is 729 g/mol. The third-order valence-electron chi connectivity index (χ3n) is 11.3. The molecule has 0 aromatic heterocycles. The minimum atomic E-state index is -1.18. The Morgan fingerprint density at radius 2 is 0.759 bits per heavy atom. The number of benzene rings is 4. The van der Waals surface area contributed by atoms with Crippen LogP contribution < -0.4 is 9.80 Å². The summed E-state index contributed by atoms with van der Waals surface area (Å²) in [6.07, 6.45) is 0. The number of non-ortho nitro benzene ring substituents is 2. The van der Waals surface area contributed by atoms with Gasteiger partial charge < -0.3 is 0 Å². The topological polar surface area (TPSA) is 168 Å². The van der Waals surface area contributed by atoms with Gasteiger partial charge in [0.05, 0.1) is 45.1 Å². The minimum Gasteiger partial charge on any atom is -0.274 e. The largest absolute Gasteiger partial charge is 0.274 e. The van der Waals surface area contributed by atoms with Gasteiger partial charge in [0.2, 0.25) is 11.8 Å². The Balaban J connectivity index is 1.36. The van der Waals surface area contributed by atoms with Crippen LogP contribution in [0.3, 0.4) is 0 Å². The molecule has 4 amide bonds. The first kappa shape index (κ1) is 34.9. The van der Waals surface area contributed by atoms with E-state index in [1.54, 1.807) is 10.0 Å². The van der Waals surface area contributed by atoms with Gasteiger partial charge in [-0.2, -0.15) is 0 Å². The van der Waals surface area contributed by atoms with E-state index in [0.717, 1.165) is 11.1 Å². The highest BCUT2D eigenvalue weighted by atomic mass is 16.6. The molecular weight excluding hydrogens is 692 g/mol. The number of nitrogens with zero attached hydrogens (tertiary/aromatic N) is 6. The maximum absolute atomic E-state index is 14.9. The molecule has 54 heavy (non-hydrogen) atoms. The van der Waals surface area contributed by atoms with E-state index < -0.39 is 69.5 Å². The van der Waals surface area contributed by atoms with Gasteiger partial charge in [0.15, 0.2) is 0 Å². The van der Waals surface area contributed by atoms with Crippen molar-refractivity contribution in [2.75, 3.05) is 9.80 Å². The molecule has 6 unspecified atom stereocenters. The number of nitro groups is 2. The number of nitro benzene ring substituents is 2. The lowest BCUT2D eigenvalue weighted by molar-refractivity contribution is -0.385. The molecule has 6 atom stereocenters. The third-order valence-corrected chi connectivity index (χ3v) is 11.3. The average Bonchev–Trinajstić information content (AvgIpc) is 3.77. The molecule has 4 aliphatic rings. The molecule has 4 heterocycles. The van der Waals surface area contributed by atoms with E-state index in [4.69, 9.17) is 0 Å². The van der Waals surface area contributed by atoms with Crippen molar-refractivity contribution in [1.82, 2.24) is 10.0 Å². The van der Waals surface area contributed by atoms with Crippen LogP contribution in [0.25, 0.3) is 0 Å². The highest BCUT2D eigenvalue weighted by molar-refractivity contribution is 6.27. The molecule has 4 aromatic rings. The first-order chi connectivity index (χ1) is 25.6. The van der Waals surface area contributed by atoms with Crippen LogP contribution in [0.1, 0.15) is 56.6 Å². The fourth-order valence-corrected chi connectivity index (χ4v) is 9.58. The first-order valence-corrected chi connectivity index (χ1v) is 17.6. The predicted octanol–water partition coefficient (Wildman–Crippen LogP) is 5.80. The van der Waals surface area contributed by atoms with E-state index in [0.29, 0.717) is 44.8 Å². The second kappa shape index (κ2) is 12.2. The molecule has 0 bridgehead atoms. The minimum absolute atomic E-state index is 0.182. The number of hydrogen-bond donors (Lipinski definition) is 0. The number of carbonyl (C=O) groups is 4. The van der Waals surface area contributed by atoms with Crippen molar-refractivity contribution in [2.45, 2.75) is 65.7 Å². The molecule has 4 fully saturated rings. The summed E-state index contributed by atoms with van der Waals surface area (Å²) in [4.78, 5) is 84.3. The number of rotatable bonds is 6. The van der Waals surface area contributed by atoms with Crippen LogP contribution in [0.2, 0.25) is 0 Å². The number of imide groups is 2. The highest BCUT2D eigenvalue weighted by Crippen LogP contribution is 2.60. The van der Waals surface area contributed by atoms with E-state index in [2.05, 4.69) is 0 Å². The summed E-state index contributed by atoms with van der Waals surface area (Å²) < 4.78 is 0. The molecule has 4 saturated heterocycles. The Kier molecular flexibility index (Phi) is 7.90. The Labute approximate surface area is 309 Å². The van der Waals surface area contributed by atoms with Crippen LogP contribution in [-0.4, -0.2) is 55.6 Å². The number of carbonyl (C=O) groups excluding carboxylic acids is 4. The van der Waals surface area contributed by atoms with Gasteiger partial charge in [-0.15, -0.1) is 0 Å². The number of fused-ring (bicyclic) bond motifs is 5. The van der Waals surface area contributed by atoms with Gasteiger partial charge in [0, 0.05) is 24.3 Å². The van der Waals surface area contributed by atoms with Crippen LogP contribution in [0.4, 0.5) is 22.7 Å². The molecule has 0 aliphatic carbocycles.